The molecule has 1 atom stereocenters. The zero-order chi connectivity index (χ0) is 11.4. The minimum absolute atomic E-state index is 0.0235. The highest BCUT2D eigenvalue weighted by Crippen LogP contribution is 2.18. The van der Waals surface area contributed by atoms with E-state index >= 15 is 0 Å². The van der Waals surface area contributed by atoms with Crippen molar-refractivity contribution in [3.63, 3.8) is 0 Å². The van der Waals surface area contributed by atoms with Crippen LogP contribution in [-0.4, -0.2) is 5.91 Å². The van der Waals surface area contributed by atoms with Crippen LogP contribution < -0.4 is 5.32 Å². The first-order chi connectivity index (χ1) is 7.04. The second-order valence-corrected chi connectivity index (χ2v) is 3.79. The summed E-state index contributed by atoms with van der Waals surface area (Å²) in [6, 6.07) is 6.27. The lowest BCUT2D eigenvalue weighted by Crippen LogP contribution is -2.25. The van der Waals surface area contributed by atoms with Crippen LogP contribution in [0, 0.1) is 13.8 Å². The third-order valence-corrected chi connectivity index (χ3v) is 2.45. The maximum atomic E-state index is 11.2. The zero-order valence-electron chi connectivity index (χ0n) is 9.50. The molecule has 0 spiro atoms. The van der Waals surface area contributed by atoms with Crippen LogP contribution in [0.3, 0.4) is 0 Å². The van der Waals surface area contributed by atoms with Gasteiger partial charge in [-0.2, -0.15) is 0 Å². The Kier molecular flexibility index (Phi) is 3.67. The predicted octanol–water partition coefficient (Wildman–Crippen LogP) is 2.67. The number of carbonyl (C=O) groups excluding carboxylic acids is 1. The minimum Gasteiger partial charge on any atom is -0.346 e. The predicted molar refractivity (Wildman–Crippen MR) is 62.7 cm³/mol. The fourth-order valence-corrected chi connectivity index (χ4v) is 1.58. The van der Waals surface area contributed by atoms with Gasteiger partial charge < -0.3 is 5.32 Å². The fourth-order valence-electron chi connectivity index (χ4n) is 1.58. The average molecular weight is 203 g/mol. The summed E-state index contributed by atoms with van der Waals surface area (Å²) >= 11 is 0. The van der Waals surface area contributed by atoms with Gasteiger partial charge in [-0.05, 0) is 38.0 Å². The molecule has 1 amide bonds. The zero-order valence-corrected chi connectivity index (χ0v) is 9.50. The molecule has 1 aromatic carbocycles. The van der Waals surface area contributed by atoms with Crippen molar-refractivity contribution in [1.29, 1.82) is 0 Å². The fraction of sp³-hybridized carbons (Fsp3) is 0.308. The second-order valence-electron chi connectivity index (χ2n) is 3.79. The molecular formula is C13H17NO. The summed E-state index contributed by atoms with van der Waals surface area (Å²) in [5.74, 6) is -0.136. The number of hydrogen-bond acceptors (Lipinski definition) is 1. The highest BCUT2D eigenvalue weighted by Gasteiger charge is 2.09. The van der Waals surface area contributed by atoms with E-state index in [9.17, 15) is 4.79 Å². The molecule has 0 fully saturated rings. The van der Waals surface area contributed by atoms with Crippen molar-refractivity contribution in [3.05, 3.63) is 47.5 Å². The second kappa shape index (κ2) is 4.78. The van der Waals surface area contributed by atoms with E-state index in [1.165, 1.54) is 17.2 Å². The average Bonchev–Trinajstić information content (AvgIpc) is 2.21. The molecule has 15 heavy (non-hydrogen) atoms. The van der Waals surface area contributed by atoms with Crippen LogP contribution >= 0.6 is 0 Å². The van der Waals surface area contributed by atoms with Gasteiger partial charge in [0.25, 0.3) is 0 Å². The van der Waals surface area contributed by atoms with Gasteiger partial charge in [0.2, 0.25) is 5.91 Å². The molecule has 0 saturated carbocycles. The molecule has 80 valence electrons. The summed E-state index contributed by atoms with van der Waals surface area (Å²) in [6.07, 6.45) is 1.29. The first-order valence-electron chi connectivity index (χ1n) is 5.04. The third-order valence-electron chi connectivity index (χ3n) is 2.45. The van der Waals surface area contributed by atoms with Crippen molar-refractivity contribution in [1.82, 2.24) is 5.32 Å². The summed E-state index contributed by atoms with van der Waals surface area (Å²) in [6.45, 7) is 9.50. The van der Waals surface area contributed by atoms with Gasteiger partial charge in [-0.1, -0.05) is 30.3 Å². The topological polar surface area (TPSA) is 29.1 Å². The lowest BCUT2D eigenvalue weighted by Gasteiger charge is -2.16. The van der Waals surface area contributed by atoms with Crippen molar-refractivity contribution in [2.45, 2.75) is 26.8 Å². The molecule has 0 saturated heterocycles. The molecule has 0 aromatic heterocycles. The molecule has 0 aliphatic carbocycles. The van der Waals surface area contributed by atoms with E-state index in [4.69, 9.17) is 0 Å². The van der Waals surface area contributed by atoms with Crippen molar-refractivity contribution in [3.8, 4) is 0 Å². The summed E-state index contributed by atoms with van der Waals surface area (Å²) in [4.78, 5) is 11.2. The molecule has 2 heteroatoms. The number of hydrogen-bond donors (Lipinski definition) is 1. The van der Waals surface area contributed by atoms with Crippen LogP contribution in [0.4, 0.5) is 0 Å². The standard InChI is InChI=1S/C13H17NO/c1-5-13(15)14-11(4)12-8-9(2)6-7-10(12)3/h5-8,11H,1H2,2-4H3,(H,14,15)/t11-/m0/s1. The molecular weight excluding hydrogens is 186 g/mol. The number of nitrogens with one attached hydrogen (secondary N) is 1. The van der Waals surface area contributed by atoms with Gasteiger partial charge in [-0.3, -0.25) is 4.79 Å². The van der Waals surface area contributed by atoms with Crippen LogP contribution in [0.1, 0.15) is 29.7 Å². The Hall–Kier alpha value is -1.57. The van der Waals surface area contributed by atoms with Crippen molar-refractivity contribution < 1.29 is 4.79 Å². The van der Waals surface area contributed by atoms with E-state index < -0.39 is 0 Å². The highest BCUT2D eigenvalue weighted by atomic mass is 16.1. The first-order valence-corrected chi connectivity index (χ1v) is 5.04. The van der Waals surface area contributed by atoms with Gasteiger partial charge in [0.05, 0.1) is 6.04 Å². The summed E-state index contributed by atoms with van der Waals surface area (Å²) in [5, 5.41) is 2.86. The maximum absolute atomic E-state index is 11.2. The molecule has 0 aliphatic heterocycles. The SMILES string of the molecule is C=CC(=O)N[C@@H](C)c1cc(C)ccc1C. The Bertz CT molecular complexity index is 382. The van der Waals surface area contributed by atoms with Crippen molar-refractivity contribution >= 4 is 5.91 Å². The Morgan fingerprint density at radius 3 is 2.73 bits per heavy atom. The number of rotatable bonds is 3. The summed E-state index contributed by atoms with van der Waals surface area (Å²) in [5.41, 5.74) is 3.55. The maximum Gasteiger partial charge on any atom is 0.243 e. The van der Waals surface area contributed by atoms with Crippen LogP contribution in [0.15, 0.2) is 30.9 Å². The Morgan fingerprint density at radius 1 is 1.47 bits per heavy atom. The Labute approximate surface area is 91.0 Å². The molecule has 1 rings (SSSR count). The van der Waals surface area contributed by atoms with Gasteiger partial charge in [0.15, 0.2) is 0 Å². The summed E-state index contributed by atoms with van der Waals surface area (Å²) in [7, 11) is 0. The van der Waals surface area contributed by atoms with E-state index in [1.807, 2.05) is 20.8 Å². The van der Waals surface area contributed by atoms with Gasteiger partial charge >= 0.3 is 0 Å². The molecule has 0 unspecified atom stereocenters. The van der Waals surface area contributed by atoms with Crippen LogP contribution in [0.2, 0.25) is 0 Å². The normalized spacial score (nSPS) is 11.9. The quantitative estimate of drug-likeness (QED) is 0.752. The van der Waals surface area contributed by atoms with Crippen LogP contribution in [-0.2, 0) is 4.79 Å². The van der Waals surface area contributed by atoms with Crippen molar-refractivity contribution in [2.24, 2.45) is 0 Å². The molecule has 0 bridgehead atoms. The number of benzene rings is 1. The molecule has 1 N–H and O–H groups in total. The van der Waals surface area contributed by atoms with E-state index in [0.717, 1.165) is 5.56 Å². The number of aryl methyl sites for hydroxylation is 2. The summed E-state index contributed by atoms with van der Waals surface area (Å²) < 4.78 is 0. The first kappa shape index (κ1) is 11.5. The van der Waals surface area contributed by atoms with Crippen molar-refractivity contribution in [2.75, 3.05) is 0 Å². The van der Waals surface area contributed by atoms with E-state index in [-0.39, 0.29) is 11.9 Å². The Balaban J connectivity index is 2.90. The van der Waals surface area contributed by atoms with E-state index in [2.05, 4.69) is 30.1 Å². The number of carbonyl (C=O) groups is 1. The lowest BCUT2D eigenvalue weighted by atomic mass is 10.00. The molecule has 2 nitrogen and oxygen atoms in total. The van der Waals surface area contributed by atoms with Gasteiger partial charge in [0.1, 0.15) is 0 Å². The molecule has 0 heterocycles. The minimum atomic E-state index is -0.136. The van der Waals surface area contributed by atoms with Crippen LogP contribution in [0.5, 0.6) is 0 Å². The largest absolute Gasteiger partial charge is 0.346 e. The smallest absolute Gasteiger partial charge is 0.243 e. The van der Waals surface area contributed by atoms with E-state index in [0.29, 0.717) is 0 Å². The van der Waals surface area contributed by atoms with Gasteiger partial charge in [-0.25, -0.2) is 0 Å². The lowest BCUT2D eigenvalue weighted by molar-refractivity contribution is -0.117. The third kappa shape index (κ3) is 2.94. The molecule has 0 radical (unpaired) electrons. The number of amides is 1. The molecule has 1 aromatic rings. The monoisotopic (exact) mass is 203 g/mol. The van der Waals surface area contributed by atoms with Crippen LogP contribution in [0.25, 0.3) is 0 Å². The molecule has 0 aliphatic rings. The van der Waals surface area contributed by atoms with E-state index in [1.54, 1.807) is 0 Å². The van der Waals surface area contributed by atoms with Gasteiger partial charge in [-0.15, -0.1) is 0 Å². The Morgan fingerprint density at radius 2 is 2.13 bits per heavy atom. The van der Waals surface area contributed by atoms with Gasteiger partial charge in [0, 0.05) is 0 Å². The highest BCUT2D eigenvalue weighted by molar-refractivity contribution is 5.87.